The fourth-order valence-electron chi connectivity index (χ4n) is 2.70. The van der Waals surface area contributed by atoms with Crippen LogP contribution in [-0.2, 0) is 4.74 Å². The molecule has 0 amide bonds. The Hall–Kier alpha value is -0.910. The number of aliphatic hydroxyl groups excluding tert-OH is 1. The fraction of sp³-hybridized carbons (Fsp3) is 0.800. The molecule has 0 aliphatic carbocycles. The average molecular weight is 281 g/mol. The van der Waals surface area contributed by atoms with Gasteiger partial charge in [-0.15, -0.1) is 0 Å². The zero-order valence-corrected chi connectivity index (χ0v) is 12.8. The summed E-state index contributed by atoms with van der Waals surface area (Å²) in [5, 5.41) is 17.1. The van der Waals surface area contributed by atoms with Crippen molar-refractivity contribution in [3.63, 3.8) is 0 Å². The summed E-state index contributed by atoms with van der Waals surface area (Å²) < 4.78 is 5.66. The number of nitrogens with zero attached hydrogens (tertiary/aromatic N) is 2. The van der Waals surface area contributed by atoms with Gasteiger partial charge < -0.3 is 9.84 Å². The van der Waals surface area contributed by atoms with Crippen LogP contribution in [0.2, 0.25) is 0 Å². The molecule has 1 aliphatic rings. The van der Waals surface area contributed by atoms with Crippen LogP contribution >= 0.6 is 0 Å². The molecule has 20 heavy (non-hydrogen) atoms. The van der Waals surface area contributed by atoms with Crippen LogP contribution in [0.5, 0.6) is 0 Å². The SMILES string of the molecule is CC(C)(C)OC[C@@H](O)CN1CCCC[C@H]1c1cn[nH]c1. The third-order valence-electron chi connectivity index (χ3n) is 3.67. The second-order valence-corrected chi connectivity index (χ2v) is 6.62. The van der Waals surface area contributed by atoms with Crippen molar-refractivity contribution in [1.29, 1.82) is 0 Å². The van der Waals surface area contributed by atoms with E-state index in [1.54, 1.807) is 0 Å². The largest absolute Gasteiger partial charge is 0.389 e. The van der Waals surface area contributed by atoms with Crippen molar-refractivity contribution in [2.45, 2.75) is 57.8 Å². The molecular formula is C15H27N3O2. The van der Waals surface area contributed by atoms with E-state index < -0.39 is 6.10 Å². The van der Waals surface area contributed by atoms with Crippen molar-refractivity contribution in [3.05, 3.63) is 18.0 Å². The van der Waals surface area contributed by atoms with E-state index in [1.165, 1.54) is 18.4 Å². The van der Waals surface area contributed by atoms with Crippen LogP contribution in [0.25, 0.3) is 0 Å². The topological polar surface area (TPSA) is 61.4 Å². The number of rotatable bonds is 5. The smallest absolute Gasteiger partial charge is 0.0900 e. The van der Waals surface area contributed by atoms with E-state index >= 15 is 0 Å². The third-order valence-corrected chi connectivity index (χ3v) is 3.67. The molecule has 1 aliphatic heterocycles. The molecule has 1 saturated heterocycles. The number of aromatic amines is 1. The van der Waals surface area contributed by atoms with Gasteiger partial charge in [-0.2, -0.15) is 5.10 Å². The number of hydrogen-bond donors (Lipinski definition) is 2. The molecule has 2 rings (SSSR count). The number of likely N-dealkylation sites (tertiary alicyclic amines) is 1. The predicted octanol–water partition coefficient (Wildman–Crippen LogP) is 2.11. The van der Waals surface area contributed by atoms with Crippen LogP contribution in [0.3, 0.4) is 0 Å². The van der Waals surface area contributed by atoms with Gasteiger partial charge in [0.15, 0.2) is 0 Å². The molecular weight excluding hydrogens is 254 g/mol. The molecule has 2 heterocycles. The highest BCUT2D eigenvalue weighted by Crippen LogP contribution is 2.30. The minimum Gasteiger partial charge on any atom is -0.389 e. The average Bonchev–Trinajstić information content (AvgIpc) is 2.90. The van der Waals surface area contributed by atoms with Gasteiger partial charge in [0.2, 0.25) is 0 Å². The molecule has 5 heteroatoms. The number of nitrogens with one attached hydrogen (secondary N) is 1. The molecule has 0 saturated carbocycles. The van der Waals surface area contributed by atoms with E-state index in [-0.39, 0.29) is 5.60 Å². The minimum absolute atomic E-state index is 0.202. The third kappa shape index (κ3) is 4.58. The maximum absolute atomic E-state index is 10.2. The summed E-state index contributed by atoms with van der Waals surface area (Å²) in [4.78, 5) is 2.35. The standard InChI is InChI=1S/C15H27N3O2/c1-15(2,3)20-11-13(19)10-18-7-5-4-6-14(18)12-8-16-17-9-12/h8-9,13-14,19H,4-7,10-11H2,1-3H3,(H,16,17)/t13-,14-/m0/s1. The van der Waals surface area contributed by atoms with Crippen LogP contribution < -0.4 is 0 Å². The number of β-amino-alcohol motifs (C(OH)–C–C–N with tert-alkyl or cyclic N) is 1. The molecule has 2 atom stereocenters. The van der Waals surface area contributed by atoms with Crippen LogP contribution in [0.4, 0.5) is 0 Å². The molecule has 2 N–H and O–H groups in total. The molecule has 5 nitrogen and oxygen atoms in total. The summed E-state index contributed by atoms with van der Waals surface area (Å²) in [6.07, 6.45) is 6.97. The molecule has 0 spiro atoms. The van der Waals surface area contributed by atoms with Crippen molar-refractivity contribution < 1.29 is 9.84 Å². The van der Waals surface area contributed by atoms with Crippen LogP contribution in [0.15, 0.2) is 12.4 Å². The Morgan fingerprint density at radius 1 is 1.50 bits per heavy atom. The molecule has 0 radical (unpaired) electrons. The summed E-state index contributed by atoms with van der Waals surface area (Å²) in [6, 6.07) is 0.367. The Labute approximate surface area is 121 Å². The van der Waals surface area contributed by atoms with E-state index in [2.05, 4.69) is 15.1 Å². The van der Waals surface area contributed by atoms with Crippen molar-refractivity contribution in [1.82, 2.24) is 15.1 Å². The fourth-order valence-corrected chi connectivity index (χ4v) is 2.70. The molecule has 0 aromatic carbocycles. The van der Waals surface area contributed by atoms with Gasteiger partial charge in [-0.1, -0.05) is 6.42 Å². The number of ether oxygens (including phenoxy) is 1. The Morgan fingerprint density at radius 2 is 2.30 bits per heavy atom. The highest BCUT2D eigenvalue weighted by Gasteiger charge is 2.26. The first-order valence-corrected chi connectivity index (χ1v) is 7.50. The second kappa shape index (κ2) is 6.70. The lowest BCUT2D eigenvalue weighted by molar-refractivity contribution is -0.0610. The van der Waals surface area contributed by atoms with Crippen LogP contribution in [-0.4, -0.2) is 51.6 Å². The zero-order valence-electron chi connectivity index (χ0n) is 12.8. The van der Waals surface area contributed by atoms with Gasteiger partial charge in [0.1, 0.15) is 0 Å². The number of hydrogen-bond acceptors (Lipinski definition) is 4. The van der Waals surface area contributed by atoms with Gasteiger partial charge in [0.05, 0.1) is 24.5 Å². The zero-order chi connectivity index (χ0) is 14.6. The molecule has 0 bridgehead atoms. The van der Waals surface area contributed by atoms with E-state index in [0.29, 0.717) is 19.2 Å². The first kappa shape index (κ1) is 15.5. The van der Waals surface area contributed by atoms with Gasteiger partial charge in [-0.05, 0) is 40.2 Å². The number of H-pyrrole nitrogens is 1. The molecule has 114 valence electrons. The molecule has 0 unspecified atom stereocenters. The van der Waals surface area contributed by atoms with Crippen molar-refractivity contribution in [2.75, 3.05) is 19.7 Å². The molecule has 1 aromatic heterocycles. The second-order valence-electron chi connectivity index (χ2n) is 6.62. The Kier molecular flexibility index (Phi) is 5.18. The van der Waals surface area contributed by atoms with E-state index in [9.17, 15) is 5.11 Å². The molecule has 1 fully saturated rings. The van der Waals surface area contributed by atoms with Gasteiger partial charge in [0, 0.05) is 24.3 Å². The normalized spacial score (nSPS) is 22.9. The quantitative estimate of drug-likeness (QED) is 0.868. The lowest BCUT2D eigenvalue weighted by atomic mass is 9.97. The van der Waals surface area contributed by atoms with Crippen LogP contribution in [0, 0.1) is 0 Å². The lowest BCUT2D eigenvalue weighted by Gasteiger charge is -2.36. The van der Waals surface area contributed by atoms with Gasteiger partial charge in [0.25, 0.3) is 0 Å². The number of piperidine rings is 1. The lowest BCUT2D eigenvalue weighted by Crippen LogP contribution is -2.41. The van der Waals surface area contributed by atoms with Crippen molar-refractivity contribution in [3.8, 4) is 0 Å². The Balaban J connectivity index is 1.89. The van der Waals surface area contributed by atoms with Gasteiger partial charge in [-0.3, -0.25) is 10.00 Å². The Morgan fingerprint density at radius 3 is 2.95 bits per heavy atom. The summed E-state index contributed by atoms with van der Waals surface area (Å²) >= 11 is 0. The van der Waals surface area contributed by atoms with Crippen molar-refractivity contribution in [2.24, 2.45) is 0 Å². The van der Waals surface area contributed by atoms with Gasteiger partial charge >= 0.3 is 0 Å². The predicted molar refractivity (Wildman–Crippen MR) is 78.5 cm³/mol. The first-order valence-electron chi connectivity index (χ1n) is 7.50. The summed E-state index contributed by atoms with van der Waals surface area (Å²) in [7, 11) is 0. The Bertz CT molecular complexity index is 386. The maximum atomic E-state index is 10.2. The summed E-state index contributed by atoms with van der Waals surface area (Å²) in [6.45, 7) is 8.10. The highest BCUT2D eigenvalue weighted by atomic mass is 16.5. The summed E-state index contributed by atoms with van der Waals surface area (Å²) in [5.41, 5.74) is 1.01. The summed E-state index contributed by atoms with van der Waals surface area (Å²) in [5.74, 6) is 0. The monoisotopic (exact) mass is 281 g/mol. The molecule has 1 aromatic rings. The van der Waals surface area contributed by atoms with E-state index in [4.69, 9.17) is 4.74 Å². The minimum atomic E-state index is -0.443. The first-order chi connectivity index (χ1) is 9.46. The van der Waals surface area contributed by atoms with Crippen molar-refractivity contribution >= 4 is 0 Å². The highest BCUT2D eigenvalue weighted by molar-refractivity contribution is 5.10. The number of aliphatic hydroxyl groups is 1. The van der Waals surface area contributed by atoms with Gasteiger partial charge in [-0.25, -0.2) is 0 Å². The van der Waals surface area contributed by atoms with E-state index in [0.717, 1.165) is 13.0 Å². The number of aromatic nitrogens is 2. The van der Waals surface area contributed by atoms with E-state index in [1.807, 2.05) is 33.2 Å². The van der Waals surface area contributed by atoms with Crippen LogP contribution in [0.1, 0.15) is 51.6 Å². The maximum Gasteiger partial charge on any atom is 0.0900 e.